The predicted molar refractivity (Wildman–Crippen MR) is 171 cm³/mol. The first kappa shape index (κ1) is 33.9. The molecular formula is C33H39Cl2N3O5. The summed E-state index contributed by atoms with van der Waals surface area (Å²) in [6.07, 6.45) is 3.04. The quantitative estimate of drug-likeness (QED) is 0.220. The van der Waals surface area contributed by atoms with Gasteiger partial charge < -0.3 is 19.7 Å². The number of hydrogen-bond donors (Lipinski definition) is 1. The molecule has 2 aromatic carbocycles. The van der Waals surface area contributed by atoms with Crippen molar-refractivity contribution >= 4 is 52.4 Å². The Balaban J connectivity index is 1.94. The number of methoxy groups -OCH3 is 1. The number of carbonyl (C=O) groups is 3. The average molecular weight is 629 g/mol. The normalized spacial score (nSPS) is 12.0. The molecule has 2 amide bonds. The molecule has 10 heteroatoms. The molecule has 0 saturated carbocycles. The molecule has 1 aromatic heterocycles. The number of carbonyl (C=O) groups excluding carboxylic acids is 3. The second kappa shape index (κ2) is 14.7. The van der Waals surface area contributed by atoms with E-state index in [0.29, 0.717) is 35.7 Å². The highest BCUT2D eigenvalue weighted by Crippen LogP contribution is 2.36. The number of halogens is 2. The lowest BCUT2D eigenvalue weighted by Crippen LogP contribution is -2.42. The number of pyridine rings is 1. The highest BCUT2D eigenvalue weighted by molar-refractivity contribution is 6.40. The minimum atomic E-state index is -0.648. The van der Waals surface area contributed by atoms with Crippen LogP contribution in [0.1, 0.15) is 68.9 Å². The van der Waals surface area contributed by atoms with Crippen LogP contribution >= 0.6 is 23.2 Å². The number of nitrogens with zero attached hydrogens (tertiary/aromatic N) is 2. The largest absolute Gasteiger partial charge is 0.495 e. The van der Waals surface area contributed by atoms with E-state index in [1.54, 1.807) is 37.1 Å². The van der Waals surface area contributed by atoms with E-state index < -0.39 is 17.2 Å². The maximum Gasteiger partial charge on any atom is 0.313 e. The summed E-state index contributed by atoms with van der Waals surface area (Å²) in [5.41, 5.74) is 2.19. The molecule has 230 valence electrons. The van der Waals surface area contributed by atoms with Crippen LogP contribution in [0, 0.1) is 11.3 Å². The summed E-state index contributed by atoms with van der Waals surface area (Å²) < 4.78 is 11.1. The number of anilines is 2. The minimum absolute atomic E-state index is 0.0451. The summed E-state index contributed by atoms with van der Waals surface area (Å²) in [7, 11) is 1.56. The molecule has 0 fully saturated rings. The molecule has 0 aliphatic carbocycles. The fraction of sp³-hybridized carbons (Fsp3) is 0.394. The van der Waals surface area contributed by atoms with Gasteiger partial charge in [-0.1, -0.05) is 76.0 Å². The lowest BCUT2D eigenvalue weighted by atomic mass is 9.90. The van der Waals surface area contributed by atoms with Gasteiger partial charge in [0.2, 0.25) is 5.91 Å². The molecule has 1 unspecified atom stereocenters. The number of aromatic nitrogens is 1. The molecule has 0 spiro atoms. The standard InChI is InChI=1S/C33H39Cl2N3O5/c1-8-43-31(40)24(15-21-9-12-23(13-10-21)37-30(39)29-25(34)17-36-18-26(29)35)22-11-14-28(42-7)27(16-22)38(19-20(2)3)32(41)33(4,5)6/h9-14,16-18,20,24H,8,15,19H2,1-7H3,(H,37,39). The maximum atomic E-state index is 13.5. The second-order valence-corrected chi connectivity index (χ2v) is 12.4. The van der Waals surface area contributed by atoms with Crippen LogP contribution in [0.15, 0.2) is 54.9 Å². The van der Waals surface area contributed by atoms with Crippen molar-refractivity contribution in [2.75, 3.05) is 30.5 Å². The van der Waals surface area contributed by atoms with Gasteiger partial charge in [0.05, 0.1) is 40.9 Å². The zero-order valence-corrected chi connectivity index (χ0v) is 27.2. The summed E-state index contributed by atoms with van der Waals surface area (Å²) in [4.78, 5) is 45.2. The fourth-order valence-electron chi connectivity index (χ4n) is 4.56. The molecule has 1 N–H and O–H groups in total. The molecule has 1 heterocycles. The van der Waals surface area contributed by atoms with Crippen LogP contribution in [0.5, 0.6) is 5.75 Å². The molecule has 0 bridgehead atoms. The molecule has 0 aliphatic rings. The van der Waals surface area contributed by atoms with Crippen LogP contribution in [0.25, 0.3) is 0 Å². The van der Waals surface area contributed by atoms with Crippen LogP contribution in [0.2, 0.25) is 10.0 Å². The zero-order chi connectivity index (χ0) is 31.9. The highest BCUT2D eigenvalue weighted by Gasteiger charge is 2.32. The van der Waals surface area contributed by atoms with Gasteiger partial charge >= 0.3 is 5.97 Å². The topological polar surface area (TPSA) is 97.8 Å². The number of nitrogens with one attached hydrogen (secondary N) is 1. The van der Waals surface area contributed by atoms with Gasteiger partial charge in [0, 0.05) is 30.0 Å². The van der Waals surface area contributed by atoms with Gasteiger partial charge in [-0.3, -0.25) is 19.4 Å². The van der Waals surface area contributed by atoms with Gasteiger partial charge in [-0.2, -0.15) is 0 Å². The molecule has 8 nitrogen and oxygen atoms in total. The number of benzene rings is 2. The van der Waals surface area contributed by atoms with Crippen molar-refractivity contribution in [3.8, 4) is 5.75 Å². The summed E-state index contributed by atoms with van der Waals surface area (Å²) in [6, 6.07) is 12.6. The van der Waals surface area contributed by atoms with Gasteiger partial charge in [-0.15, -0.1) is 0 Å². The van der Waals surface area contributed by atoms with E-state index in [0.717, 1.165) is 5.56 Å². The number of ether oxygens (including phenoxy) is 2. The molecule has 43 heavy (non-hydrogen) atoms. The SMILES string of the molecule is CCOC(=O)C(Cc1ccc(NC(=O)c2c(Cl)cncc2Cl)cc1)c1ccc(OC)c(N(CC(C)C)C(=O)C(C)(C)C)c1. The van der Waals surface area contributed by atoms with E-state index in [9.17, 15) is 14.4 Å². The molecule has 1 atom stereocenters. The summed E-state index contributed by atoms with van der Waals surface area (Å²) in [5.74, 6) is -0.794. The lowest BCUT2D eigenvalue weighted by Gasteiger charge is -2.32. The van der Waals surface area contributed by atoms with Crippen molar-refractivity contribution in [2.45, 2.75) is 53.9 Å². The van der Waals surface area contributed by atoms with Gasteiger partial charge in [0.1, 0.15) is 5.75 Å². The second-order valence-electron chi connectivity index (χ2n) is 11.6. The Morgan fingerprint density at radius 2 is 1.63 bits per heavy atom. The Morgan fingerprint density at radius 3 is 2.16 bits per heavy atom. The third kappa shape index (κ3) is 8.71. The van der Waals surface area contributed by atoms with Crippen LogP contribution in [0.4, 0.5) is 11.4 Å². The van der Waals surface area contributed by atoms with Crippen molar-refractivity contribution in [3.05, 3.63) is 81.6 Å². The number of rotatable bonds is 11. The Kier molecular flexibility index (Phi) is 11.6. The molecule has 0 saturated heterocycles. The van der Waals surface area contributed by atoms with Crippen molar-refractivity contribution in [3.63, 3.8) is 0 Å². The number of hydrogen-bond acceptors (Lipinski definition) is 6. The predicted octanol–water partition coefficient (Wildman–Crippen LogP) is 7.57. The number of esters is 1. The number of amides is 2. The van der Waals surface area contributed by atoms with Gasteiger partial charge in [-0.05, 0) is 54.7 Å². The Labute approximate surface area is 263 Å². The first-order valence-electron chi connectivity index (χ1n) is 14.1. The van der Waals surface area contributed by atoms with Gasteiger partial charge in [-0.25, -0.2) is 0 Å². The van der Waals surface area contributed by atoms with E-state index in [1.807, 2.05) is 58.9 Å². The van der Waals surface area contributed by atoms with Crippen LogP contribution in [-0.2, 0) is 20.7 Å². The molecular weight excluding hydrogens is 589 g/mol. The first-order valence-corrected chi connectivity index (χ1v) is 14.9. The monoisotopic (exact) mass is 627 g/mol. The van der Waals surface area contributed by atoms with E-state index in [1.165, 1.54) is 12.4 Å². The summed E-state index contributed by atoms with van der Waals surface area (Å²) in [6.45, 7) is 12.2. The van der Waals surface area contributed by atoms with E-state index >= 15 is 0 Å². The Bertz CT molecular complexity index is 1430. The lowest BCUT2D eigenvalue weighted by molar-refractivity contribution is -0.145. The van der Waals surface area contributed by atoms with E-state index in [2.05, 4.69) is 10.3 Å². The third-order valence-corrected chi connectivity index (χ3v) is 7.21. The van der Waals surface area contributed by atoms with Crippen LogP contribution in [-0.4, -0.2) is 43.0 Å². The Morgan fingerprint density at radius 1 is 1.00 bits per heavy atom. The van der Waals surface area contributed by atoms with Crippen molar-refractivity contribution in [1.29, 1.82) is 0 Å². The molecule has 0 aliphatic heterocycles. The van der Waals surface area contributed by atoms with Gasteiger partial charge in [0.25, 0.3) is 5.91 Å². The van der Waals surface area contributed by atoms with Gasteiger partial charge in [0.15, 0.2) is 0 Å². The van der Waals surface area contributed by atoms with Crippen LogP contribution < -0.4 is 15.0 Å². The van der Waals surface area contributed by atoms with Crippen molar-refractivity contribution in [2.24, 2.45) is 11.3 Å². The smallest absolute Gasteiger partial charge is 0.313 e. The zero-order valence-electron chi connectivity index (χ0n) is 25.7. The van der Waals surface area contributed by atoms with E-state index in [-0.39, 0.29) is 40.0 Å². The van der Waals surface area contributed by atoms with Crippen molar-refractivity contribution in [1.82, 2.24) is 4.98 Å². The summed E-state index contributed by atoms with van der Waals surface area (Å²) >= 11 is 12.2. The highest BCUT2D eigenvalue weighted by atomic mass is 35.5. The van der Waals surface area contributed by atoms with Crippen molar-refractivity contribution < 1.29 is 23.9 Å². The Hall–Kier alpha value is -3.62. The third-order valence-electron chi connectivity index (χ3n) is 6.63. The summed E-state index contributed by atoms with van der Waals surface area (Å²) in [5, 5.41) is 3.08. The molecule has 0 radical (unpaired) electrons. The molecule has 3 rings (SSSR count). The minimum Gasteiger partial charge on any atom is -0.495 e. The maximum absolute atomic E-state index is 13.5. The fourth-order valence-corrected chi connectivity index (χ4v) is 5.09. The van der Waals surface area contributed by atoms with Crippen LogP contribution in [0.3, 0.4) is 0 Å². The van der Waals surface area contributed by atoms with E-state index in [4.69, 9.17) is 32.7 Å². The molecule has 3 aromatic rings. The average Bonchev–Trinajstić information content (AvgIpc) is 2.94. The first-order chi connectivity index (χ1) is 20.3.